The molecule has 2 aromatic carbocycles. The lowest BCUT2D eigenvalue weighted by atomic mass is 9.75. The minimum absolute atomic E-state index is 0.260. The van der Waals surface area contributed by atoms with E-state index in [1.165, 1.54) is 29.2 Å². The molecule has 2 aromatic rings. The summed E-state index contributed by atoms with van der Waals surface area (Å²) in [5.74, 6) is 1.13. The molecular weight excluding hydrogens is 208 g/mol. The predicted octanol–water partition coefficient (Wildman–Crippen LogP) is 3.92. The van der Waals surface area contributed by atoms with E-state index >= 15 is 0 Å². The Kier molecular flexibility index (Phi) is 1.77. The van der Waals surface area contributed by atoms with Crippen molar-refractivity contribution >= 4 is 16.6 Å². The van der Waals surface area contributed by atoms with Crippen LogP contribution in [0.1, 0.15) is 41.1 Å². The molecule has 2 aliphatic rings. The van der Waals surface area contributed by atoms with Gasteiger partial charge in [0.1, 0.15) is 0 Å². The van der Waals surface area contributed by atoms with E-state index in [1.54, 1.807) is 0 Å². The van der Waals surface area contributed by atoms with Crippen LogP contribution in [0, 0.1) is 5.92 Å². The SMILES string of the molecule is O=C1c2cccc3cccc(c23)C2CCCC12. The molecule has 0 heterocycles. The maximum atomic E-state index is 12.5. The molecule has 2 aliphatic carbocycles. The summed E-state index contributed by atoms with van der Waals surface area (Å²) in [7, 11) is 0. The fraction of sp³-hybridized carbons (Fsp3) is 0.312. The van der Waals surface area contributed by atoms with Crippen LogP contribution >= 0.6 is 0 Å². The average Bonchev–Trinajstić information content (AvgIpc) is 2.85. The first kappa shape index (κ1) is 9.41. The highest BCUT2D eigenvalue weighted by Crippen LogP contribution is 2.48. The van der Waals surface area contributed by atoms with Gasteiger partial charge >= 0.3 is 0 Å². The van der Waals surface area contributed by atoms with E-state index in [9.17, 15) is 4.79 Å². The largest absolute Gasteiger partial charge is 0.294 e. The number of benzene rings is 2. The summed E-state index contributed by atoms with van der Waals surface area (Å²) < 4.78 is 0. The molecule has 0 N–H and O–H groups in total. The van der Waals surface area contributed by atoms with E-state index in [0.717, 1.165) is 12.0 Å². The van der Waals surface area contributed by atoms with Crippen LogP contribution in [-0.2, 0) is 0 Å². The number of hydrogen-bond acceptors (Lipinski definition) is 1. The molecule has 0 amide bonds. The molecule has 2 unspecified atom stereocenters. The Bertz CT molecular complexity index is 621. The van der Waals surface area contributed by atoms with Gasteiger partial charge in [-0.2, -0.15) is 0 Å². The average molecular weight is 222 g/mol. The number of carbonyl (C=O) groups is 1. The molecule has 2 atom stereocenters. The minimum Gasteiger partial charge on any atom is -0.294 e. The van der Waals surface area contributed by atoms with Gasteiger partial charge < -0.3 is 0 Å². The van der Waals surface area contributed by atoms with Crippen molar-refractivity contribution < 1.29 is 4.79 Å². The van der Waals surface area contributed by atoms with Crippen LogP contribution in [0.15, 0.2) is 36.4 Å². The van der Waals surface area contributed by atoms with Crippen molar-refractivity contribution in [1.29, 1.82) is 0 Å². The van der Waals surface area contributed by atoms with Gasteiger partial charge in [0, 0.05) is 11.5 Å². The second-order valence-electron chi connectivity index (χ2n) is 5.26. The Morgan fingerprint density at radius 2 is 1.71 bits per heavy atom. The summed E-state index contributed by atoms with van der Waals surface area (Å²) in [5, 5.41) is 2.45. The molecular formula is C16H14O. The van der Waals surface area contributed by atoms with Crippen molar-refractivity contribution in [3.8, 4) is 0 Å². The van der Waals surface area contributed by atoms with Crippen LogP contribution < -0.4 is 0 Å². The van der Waals surface area contributed by atoms with Crippen molar-refractivity contribution in [3.63, 3.8) is 0 Å². The first-order valence-corrected chi connectivity index (χ1v) is 6.42. The van der Waals surface area contributed by atoms with Crippen LogP contribution in [0.2, 0.25) is 0 Å². The maximum absolute atomic E-state index is 12.5. The zero-order chi connectivity index (χ0) is 11.4. The van der Waals surface area contributed by atoms with E-state index in [0.29, 0.717) is 11.7 Å². The molecule has 0 radical (unpaired) electrons. The fourth-order valence-electron chi connectivity index (χ4n) is 3.73. The van der Waals surface area contributed by atoms with Crippen molar-refractivity contribution in [2.24, 2.45) is 5.92 Å². The molecule has 0 aliphatic heterocycles. The van der Waals surface area contributed by atoms with Crippen LogP contribution in [0.4, 0.5) is 0 Å². The number of hydrogen-bond donors (Lipinski definition) is 0. The Morgan fingerprint density at radius 3 is 2.59 bits per heavy atom. The van der Waals surface area contributed by atoms with Crippen molar-refractivity contribution in [1.82, 2.24) is 0 Å². The van der Waals surface area contributed by atoms with Crippen LogP contribution in [0.5, 0.6) is 0 Å². The monoisotopic (exact) mass is 222 g/mol. The molecule has 1 heteroatoms. The molecule has 0 bridgehead atoms. The van der Waals surface area contributed by atoms with Gasteiger partial charge in [0.05, 0.1) is 0 Å². The Labute approximate surface area is 100 Å². The van der Waals surface area contributed by atoms with Gasteiger partial charge in [-0.15, -0.1) is 0 Å². The topological polar surface area (TPSA) is 17.1 Å². The molecule has 84 valence electrons. The maximum Gasteiger partial charge on any atom is 0.167 e. The standard InChI is InChI=1S/C16H14O/c17-16-13-8-3-6-11(13)12-7-1-4-10-5-2-9-14(16)15(10)12/h1-2,4-5,7,9,11,13H,3,6,8H2. The predicted molar refractivity (Wildman–Crippen MR) is 68.4 cm³/mol. The second-order valence-corrected chi connectivity index (χ2v) is 5.26. The van der Waals surface area contributed by atoms with Gasteiger partial charge in [0.25, 0.3) is 0 Å². The van der Waals surface area contributed by atoms with Gasteiger partial charge in [0.2, 0.25) is 0 Å². The van der Waals surface area contributed by atoms with Gasteiger partial charge in [-0.1, -0.05) is 42.8 Å². The van der Waals surface area contributed by atoms with E-state index < -0.39 is 0 Å². The van der Waals surface area contributed by atoms with Crippen LogP contribution in [0.25, 0.3) is 10.8 Å². The van der Waals surface area contributed by atoms with Crippen molar-refractivity contribution in [2.45, 2.75) is 25.2 Å². The second kappa shape index (κ2) is 3.19. The summed E-state index contributed by atoms with van der Waals surface area (Å²) in [5.41, 5.74) is 2.38. The van der Waals surface area contributed by atoms with E-state index in [-0.39, 0.29) is 5.92 Å². The van der Waals surface area contributed by atoms with Gasteiger partial charge in [-0.3, -0.25) is 4.79 Å². The quantitative estimate of drug-likeness (QED) is 0.660. The fourth-order valence-corrected chi connectivity index (χ4v) is 3.73. The van der Waals surface area contributed by atoms with Gasteiger partial charge in [0.15, 0.2) is 5.78 Å². The summed E-state index contributed by atoms with van der Waals surface area (Å²) in [6, 6.07) is 12.6. The summed E-state index contributed by atoms with van der Waals surface area (Å²) in [6.45, 7) is 0. The lowest BCUT2D eigenvalue weighted by Crippen LogP contribution is -2.23. The third kappa shape index (κ3) is 1.12. The van der Waals surface area contributed by atoms with Crippen molar-refractivity contribution in [2.75, 3.05) is 0 Å². The molecule has 1 fully saturated rings. The molecule has 17 heavy (non-hydrogen) atoms. The molecule has 1 nitrogen and oxygen atoms in total. The van der Waals surface area contributed by atoms with Gasteiger partial charge in [-0.05, 0) is 35.1 Å². The highest BCUT2D eigenvalue weighted by atomic mass is 16.1. The van der Waals surface area contributed by atoms with Crippen LogP contribution in [-0.4, -0.2) is 5.78 Å². The number of carbonyl (C=O) groups excluding carboxylic acids is 1. The molecule has 0 spiro atoms. The molecule has 4 rings (SSSR count). The number of ketones is 1. The lowest BCUT2D eigenvalue weighted by molar-refractivity contribution is 0.0909. The highest BCUT2D eigenvalue weighted by molar-refractivity contribution is 6.13. The minimum atomic E-state index is 0.260. The third-order valence-electron chi connectivity index (χ3n) is 4.45. The Hall–Kier alpha value is -1.63. The molecule has 0 aromatic heterocycles. The first-order valence-electron chi connectivity index (χ1n) is 6.42. The molecule has 0 saturated heterocycles. The highest BCUT2D eigenvalue weighted by Gasteiger charge is 2.39. The van der Waals surface area contributed by atoms with Gasteiger partial charge in [-0.25, -0.2) is 0 Å². The smallest absolute Gasteiger partial charge is 0.167 e. The zero-order valence-corrected chi connectivity index (χ0v) is 9.65. The Balaban J connectivity index is 2.14. The summed E-state index contributed by atoms with van der Waals surface area (Å²) >= 11 is 0. The van der Waals surface area contributed by atoms with E-state index in [2.05, 4.69) is 24.3 Å². The summed E-state index contributed by atoms with van der Waals surface area (Å²) in [6.07, 6.45) is 3.46. The van der Waals surface area contributed by atoms with Crippen LogP contribution in [0.3, 0.4) is 0 Å². The zero-order valence-electron chi connectivity index (χ0n) is 9.65. The third-order valence-corrected chi connectivity index (χ3v) is 4.45. The normalized spacial score (nSPS) is 26.2. The van der Waals surface area contributed by atoms with E-state index in [1.807, 2.05) is 12.1 Å². The Morgan fingerprint density at radius 1 is 0.941 bits per heavy atom. The summed E-state index contributed by atoms with van der Waals surface area (Å²) in [4.78, 5) is 12.5. The number of Topliss-reactive ketones (excluding diaryl/α,β-unsaturated/α-hetero) is 1. The number of fused-ring (bicyclic) bond motifs is 2. The van der Waals surface area contributed by atoms with Crippen molar-refractivity contribution in [3.05, 3.63) is 47.5 Å². The number of rotatable bonds is 0. The molecule has 1 saturated carbocycles. The first-order chi connectivity index (χ1) is 8.36. The lowest BCUT2D eigenvalue weighted by Gasteiger charge is -2.27. The van der Waals surface area contributed by atoms with E-state index in [4.69, 9.17) is 0 Å².